The van der Waals surface area contributed by atoms with Gasteiger partial charge < -0.3 is 10.1 Å². The standard InChI is InChI=1S/C4H9N3O3/c1-10-4(8)6-2-5-3-7-9/h5H,2-3H2,1H3,(H,6,8). The first-order valence-corrected chi connectivity index (χ1v) is 2.63. The lowest BCUT2D eigenvalue weighted by Gasteiger charge is -2.01. The molecule has 0 aliphatic carbocycles. The minimum Gasteiger partial charge on any atom is -0.453 e. The molecule has 0 unspecified atom stereocenters. The van der Waals surface area contributed by atoms with E-state index in [0.29, 0.717) is 0 Å². The van der Waals surface area contributed by atoms with E-state index in [9.17, 15) is 9.70 Å². The van der Waals surface area contributed by atoms with Crippen molar-refractivity contribution in [2.24, 2.45) is 5.18 Å². The second-order valence-corrected chi connectivity index (χ2v) is 1.38. The fourth-order valence-corrected chi connectivity index (χ4v) is 0.308. The Kier molecular flexibility index (Phi) is 5.26. The van der Waals surface area contributed by atoms with Gasteiger partial charge in [-0.3, -0.25) is 5.32 Å². The van der Waals surface area contributed by atoms with E-state index in [1.807, 2.05) is 0 Å². The second kappa shape index (κ2) is 5.96. The van der Waals surface area contributed by atoms with Crippen molar-refractivity contribution in [3.63, 3.8) is 0 Å². The minimum atomic E-state index is -0.543. The molecular formula is C4H9N3O3. The van der Waals surface area contributed by atoms with Crippen LogP contribution in [0.1, 0.15) is 0 Å². The molecule has 6 nitrogen and oxygen atoms in total. The zero-order chi connectivity index (χ0) is 7.82. The van der Waals surface area contributed by atoms with Crippen LogP contribution < -0.4 is 10.6 Å². The highest BCUT2D eigenvalue weighted by Gasteiger charge is 1.93. The van der Waals surface area contributed by atoms with Crippen molar-refractivity contribution in [1.82, 2.24) is 10.6 Å². The van der Waals surface area contributed by atoms with Gasteiger partial charge in [0.15, 0.2) is 0 Å². The second-order valence-electron chi connectivity index (χ2n) is 1.38. The Balaban J connectivity index is 3.03. The summed E-state index contributed by atoms with van der Waals surface area (Å²) in [4.78, 5) is 19.8. The highest BCUT2D eigenvalue weighted by molar-refractivity contribution is 5.66. The number of carbonyl (C=O) groups is 1. The number of hydrogen-bond acceptors (Lipinski definition) is 5. The van der Waals surface area contributed by atoms with E-state index in [0.717, 1.165) is 0 Å². The first-order chi connectivity index (χ1) is 4.81. The third-order valence-electron chi connectivity index (χ3n) is 0.719. The molecule has 0 aliphatic heterocycles. The molecule has 58 valence electrons. The van der Waals surface area contributed by atoms with E-state index in [1.165, 1.54) is 7.11 Å². The van der Waals surface area contributed by atoms with E-state index in [4.69, 9.17) is 0 Å². The molecule has 0 aromatic rings. The summed E-state index contributed by atoms with van der Waals surface area (Å²) in [5.41, 5.74) is 0. The van der Waals surface area contributed by atoms with Crippen molar-refractivity contribution < 1.29 is 9.53 Å². The topological polar surface area (TPSA) is 79.8 Å². The molecule has 2 N–H and O–H groups in total. The number of nitroso groups, excluding NO2 is 1. The fourth-order valence-electron chi connectivity index (χ4n) is 0.308. The maximum atomic E-state index is 10.3. The summed E-state index contributed by atoms with van der Waals surface area (Å²) in [5.74, 6) is 0. The van der Waals surface area contributed by atoms with Crippen LogP contribution in [0.25, 0.3) is 0 Å². The molecule has 0 rings (SSSR count). The lowest BCUT2D eigenvalue weighted by molar-refractivity contribution is 0.170. The van der Waals surface area contributed by atoms with Crippen molar-refractivity contribution in [1.29, 1.82) is 0 Å². The molecule has 6 heteroatoms. The molecule has 0 aliphatic rings. The van der Waals surface area contributed by atoms with Gasteiger partial charge in [0.25, 0.3) is 0 Å². The summed E-state index contributed by atoms with van der Waals surface area (Å²) in [6, 6.07) is 0. The average Bonchev–Trinajstić information content (AvgIpc) is 1.98. The SMILES string of the molecule is COC(=O)NCNCN=O. The minimum absolute atomic E-state index is 0.0238. The maximum Gasteiger partial charge on any atom is 0.407 e. The van der Waals surface area contributed by atoms with Gasteiger partial charge in [-0.25, -0.2) is 4.79 Å². The van der Waals surface area contributed by atoms with Gasteiger partial charge in [0.1, 0.15) is 6.67 Å². The molecule has 0 saturated carbocycles. The van der Waals surface area contributed by atoms with Gasteiger partial charge in [-0.05, 0) is 0 Å². The monoisotopic (exact) mass is 147 g/mol. The summed E-state index contributed by atoms with van der Waals surface area (Å²) >= 11 is 0. The smallest absolute Gasteiger partial charge is 0.407 e. The van der Waals surface area contributed by atoms with Crippen molar-refractivity contribution in [2.45, 2.75) is 0 Å². The number of nitrogens with one attached hydrogen (secondary N) is 2. The van der Waals surface area contributed by atoms with Gasteiger partial charge in [-0.15, -0.1) is 4.91 Å². The van der Waals surface area contributed by atoms with E-state index in [1.54, 1.807) is 0 Å². The Bertz CT molecular complexity index is 116. The van der Waals surface area contributed by atoms with Crippen LogP contribution in [0, 0.1) is 4.91 Å². The molecule has 0 spiro atoms. The number of methoxy groups -OCH3 is 1. The quantitative estimate of drug-likeness (QED) is 0.322. The van der Waals surface area contributed by atoms with Gasteiger partial charge in [-0.2, -0.15) is 0 Å². The number of alkyl carbamates (subject to hydrolysis) is 1. The van der Waals surface area contributed by atoms with Crippen LogP contribution in [0.3, 0.4) is 0 Å². The molecule has 0 atom stereocenters. The molecule has 0 fully saturated rings. The summed E-state index contributed by atoms with van der Waals surface area (Å²) in [6.45, 7) is 0.155. The fraction of sp³-hybridized carbons (Fsp3) is 0.750. The highest BCUT2D eigenvalue weighted by atomic mass is 16.5. The summed E-state index contributed by atoms with van der Waals surface area (Å²) in [7, 11) is 1.26. The Labute approximate surface area is 57.9 Å². The third kappa shape index (κ3) is 4.98. The average molecular weight is 147 g/mol. The molecule has 0 bridgehead atoms. The van der Waals surface area contributed by atoms with Crippen molar-refractivity contribution in [3.05, 3.63) is 4.91 Å². The number of nitrogens with zero attached hydrogens (tertiary/aromatic N) is 1. The molecule has 0 saturated heterocycles. The largest absolute Gasteiger partial charge is 0.453 e. The number of ether oxygens (including phenoxy) is 1. The van der Waals surface area contributed by atoms with E-state index >= 15 is 0 Å². The van der Waals surface area contributed by atoms with Gasteiger partial charge in [0.05, 0.1) is 13.8 Å². The molecule has 0 aromatic carbocycles. The predicted molar refractivity (Wildman–Crippen MR) is 34.2 cm³/mol. The van der Waals surface area contributed by atoms with E-state index < -0.39 is 6.09 Å². The molecule has 1 amide bonds. The van der Waals surface area contributed by atoms with Crippen LogP contribution in [0.15, 0.2) is 5.18 Å². The maximum absolute atomic E-state index is 10.3. The Hall–Kier alpha value is -1.17. The van der Waals surface area contributed by atoms with Gasteiger partial charge in [0.2, 0.25) is 0 Å². The first kappa shape index (κ1) is 8.83. The van der Waals surface area contributed by atoms with Crippen LogP contribution >= 0.6 is 0 Å². The van der Waals surface area contributed by atoms with Crippen LogP contribution in [0.2, 0.25) is 0 Å². The van der Waals surface area contributed by atoms with Crippen LogP contribution in [-0.4, -0.2) is 26.5 Å². The van der Waals surface area contributed by atoms with E-state index in [2.05, 4.69) is 20.5 Å². The van der Waals surface area contributed by atoms with Crippen molar-refractivity contribution in [2.75, 3.05) is 20.4 Å². The van der Waals surface area contributed by atoms with Crippen LogP contribution in [0.4, 0.5) is 4.79 Å². The summed E-state index contributed by atoms with van der Waals surface area (Å²) in [5, 5.41) is 7.31. The zero-order valence-corrected chi connectivity index (χ0v) is 5.59. The lowest BCUT2D eigenvalue weighted by atomic mass is 10.9. The van der Waals surface area contributed by atoms with Crippen LogP contribution in [0.5, 0.6) is 0 Å². The van der Waals surface area contributed by atoms with Crippen molar-refractivity contribution in [3.8, 4) is 0 Å². The number of amides is 1. The number of carbonyl (C=O) groups excluding carboxylic acids is 1. The third-order valence-corrected chi connectivity index (χ3v) is 0.719. The Morgan fingerprint density at radius 2 is 2.40 bits per heavy atom. The van der Waals surface area contributed by atoms with E-state index in [-0.39, 0.29) is 13.3 Å². The normalized spacial score (nSPS) is 8.50. The first-order valence-electron chi connectivity index (χ1n) is 2.63. The Morgan fingerprint density at radius 1 is 1.70 bits per heavy atom. The zero-order valence-electron chi connectivity index (χ0n) is 5.59. The van der Waals surface area contributed by atoms with Crippen molar-refractivity contribution >= 4 is 6.09 Å². The van der Waals surface area contributed by atoms with Crippen LogP contribution in [-0.2, 0) is 4.74 Å². The summed E-state index contributed by atoms with van der Waals surface area (Å²) < 4.78 is 4.23. The molecular weight excluding hydrogens is 138 g/mol. The number of rotatable bonds is 4. The molecule has 10 heavy (non-hydrogen) atoms. The highest BCUT2D eigenvalue weighted by Crippen LogP contribution is 1.66. The number of hydrogen-bond donors (Lipinski definition) is 2. The lowest BCUT2D eigenvalue weighted by Crippen LogP contribution is -2.33. The molecule has 0 aromatic heterocycles. The summed E-state index contributed by atoms with van der Waals surface area (Å²) in [6.07, 6.45) is -0.543. The Morgan fingerprint density at radius 3 is 2.90 bits per heavy atom. The van der Waals surface area contributed by atoms with Gasteiger partial charge in [0, 0.05) is 0 Å². The molecule has 0 radical (unpaired) electrons. The van der Waals surface area contributed by atoms with Gasteiger partial charge >= 0.3 is 6.09 Å². The molecule has 0 heterocycles. The van der Waals surface area contributed by atoms with Gasteiger partial charge in [-0.1, -0.05) is 5.18 Å². The predicted octanol–water partition coefficient (Wildman–Crippen LogP) is -0.387.